The number of nitriles is 1. The van der Waals surface area contributed by atoms with Crippen LogP contribution in [-0.2, 0) is 34.9 Å². The van der Waals surface area contributed by atoms with Crippen LogP contribution in [0.15, 0.2) is 64.8 Å². The number of nitrogens with zero attached hydrogens (tertiary/aromatic N) is 6. The first-order valence-corrected chi connectivity index (χ1v) is 17.7. The monoisotopic (exact) mass is 734 g/mol. The number of hydrogen-bond donors (Lipinski definition) is 3. The molecule has 3 aromatic heterocycles. The largest absolute Gasteiger partial charge is 0.394 e. The van der Waals surface area contributed by atoms with E-state index in [-0.39, 0.29) is 36.4 Å². The molecule has 2 saturated heterocycles. The minimum atomic E-state index is -3.98. The van der Waals surface area contributed by atoms with E-state index in [0.29, 0.717) is 5.56 Å². The van der Waals surface area contributed by atoms with E-state index in [9.17, 15) is 19.5 Å². The summed E-state index contributed by atoms with van der Waals surface area (Å²) in [6.45, 7) is -5.42. The fourth-order valence-electron chi connectivity index (χ4n) is 5.38. The molecule has 0 spiro atoms. The van der Waals surface area contributed by atoms with Gasteiger partial charge in [-0.1, -0.05) is 18.2 Å². The maximum absolute atomic E-state index is 15.5. The topological polar surface area (TPSA) is 218 Å². The van der Waals surface area contributed by atoms with Gasteiger partial charge in [0.25, 0.3) is 11.5 Å². The highest BCUT2D eigenvalue weighted by Crippen LogP contribution is 2.55. The van der Waals surface area contributed by atoms with Crippen molar-refractivity contribution in [3.8, 4) is 6.07 Å². The number of aromatic nitrogens is 6. The maximum atomic E-state index is 15.5. The van der Waals surface area contributed by atoms with E-state index in [1.165, 1.54) is 17.2 Å². The molecule has 50 heavy (non-hydrogen) atoms. The highest BCUT2D eigenvalue weighted by Gasteiger charge is 2.50. The van der Waals surface area contributed by atoms with Crippen LogP contribution in [0.2, 0.25) is 0 Å². The number of anilines is 1. The number of ether oxygens (including phenoxy) is 2. The smallest absolute Gasteiger partial charge is 0.330 e. The molecule has 21 heteroatoms. The molecule has 1 aromatic carbocycles. The van der Waals surface area contributed by atoms with Crippen molar-refractivity contribution in [2.45, 2.75) is 56.0 Å². The van der Waals surface area contributed by atoms with Crippen LogP contribution in [-0.4, -0.2) is 90.6 Å². The molecule has 2 fully saturated rings. The second-order valence-corrected chi connectivity index (χ2v) is 14.0. The van der Waals surface area contributed by atoms with Gasteiger partial charge in [0.1, 0.15) is 24.7 Å². The van der Waals surface area contributed by atoms with Crippen molar-refractivity contribution in [3.05, 3.63) is 81.7 Å². The van der Waals surface area contributed by atoms with Gasteiger partial charge in [-0.2, -0.15) is 5.26 Å². The number of alkyl halides is 2. The standard InChI is InChI=1S/C29H29F2N8O9PS/c30-18-11-17(46-27(18)39-15-35-22-24(33-14-34-25(22)39)37-26(42)16-5-2-1-3-6-16)13-45-49(50,44-10-4-8-32)48-23-21(31)19(12-40)47-28(23)38-9-7-20(41)36-29(38)43/h1-3,5-7,9,14-15,17-19,21,23,27-28,40H,4,10-13H2,(H,36,41,43)(H,33,34,37,42)/t17-,18-,19-,21-,23-,27-,28-,49?/m0/s1. The first kappa shape index (κ1) is 35.5. The van der Waals surface area contributed by atoms with Crippen molar-refractivity contribution in [1.82, 2.24) is 29.1 Å². The molecule has 4 aromatic rings. The molecule has 3 N–H and O–H groups in total. The number of nitrogens with one attached hydrogen (secondary N) is 2. The molecule has 6 rings (SSSR count). The van der Waals surface area contributed by atoms with Gasteiger partial charge in [0.15, 0.2) is 35.6 Å². The zero-order valence-electron chi connectivity index (χ0n) is 25.8. The number of hydrogen-bond acceptors (Lipinski definition) is 14. The number of aliphatic hydroxyl groups excluding tert-OH is 1. The first-order chi connectivity index (χ1) is 24.1. The van der Waals surface area contributed by atoms with E-state index in [1.807, 2.05) is 11.1 Å². The Morgan fingerprint density at radius 2 is 1.94 bits per heavy atom. The molecule has 0 bridgehead atoms. The first-order valence-electron chi connectivity index (χ1n) is 15.1. The second-order valence-electron chi connectivity index (χ2n) is 11.0. The molecule has 0 saturated carbocycles. The molecular formula is C29H29F2N8O9PS. The van der Waals surface area contributed by atoms with Gasteiger partial charge in [0, 0.05) is 24.2 Å². The zero-order valence-corrected chi connectivity index (χ0v) is 27.5. The van der Waals surface area contributed by atoms with Crippen LogP contribution in [0.25, 0.3) is 11.2 Å². The number of benzene rings is 1. The van der Waals surface area contributed by atoms with E-state index in [1.54, 1.807) is 30.3 Å². The number of rotatable bonds is 13. The van der Waals surface area contributed by atoms with Crippen LogP contribution >= 0.6 is 6.72 Å². The SMILES string of the molecule is N#CCCOP(=S)(OC[C@@H]1C[C@H](F)[C@@H](n2cnc3c(NC(=O)c4ccccc4)ncnc32)O1)O[C@H]1[C@@H](F)[C@H](CO)O[C@@H]1n1ccc(=O)[nH]c1=O. The molecule has 0 aliphatic carbocycles. The van der Waals surface area contributed by atoms with E-state index >= 15 is 8.78 Å². The van der Waals surface area contributed by atoms with Gasteiger partial charge in [0.05, 0.1) is 44.7 Å². The van der Waals surface area contributed by atoms with E-state index < -0.39 is 80.2 Å². The van der Waals surface area contributed by atoms with Gasteiger partial charge in [0.2, 0.25) is 0 Å². The Morgan fingerprint density at radius 3 is 2.68 bits per heavy atom. The Balaban J connectivity index is 1.17. The van der Waals surface area contributed by atoms with Crippen molar-refractivity contribution in [3.63, 3.8) is 0 Å². The van der Waals surface area contributed by atoms with Crippen molar-refractivity contribution in [2.75, 3.05) is 25.1 Å². The lowest BCUT2D eigenvalue weighted by Gasteiger charge is -2.29. The minimum absolute atomic E-state index is 0.108. The quantitative estimate of drug-likeness (QED) is 0.132. The number of fused-ring (bicyclic) bond motifs is 1. The predicted molar refractivity (Wildman–Crippen MR) is 172 cm³/mol. The molecular weight excluding hydrogens is 705 g/mol. The third-order valence-corrected chi connectivity index (χ3v) is 10.1. The Bertz CT molecular complexity index is 2050. The summed E-state index contributed by atoms with van der Waals surface area (Å²) >= 11 is 5.55. The Labute approximate surface area is 286 Å². The maximum Gasteiger partial charge on any atom is 0.330 e. The number of carbonyl (C=O) groups excluding carboxylic acids is 1. The lowest BCUT2D eigenvalue weighted by atomic mass is 10.1. The summed E-state index contributed by atoms with van der Waals surface area (Å²) in [5, 5.41) is 21.4. The number of aromatic amines is 1. The van der Waals surface area contributed by atoms with Gasteiger partial charge < -0.3 is 28.9 Å². The van der Waals surface area contributed by atoms with Crippen molar-refractivity contribution < 1.29 is 41.7 Å². The molecule has 17 nitrogen and oxygen atoms in total. The third kappa shape index (κ3) is 7.55. The molecule has 8 atom stereocenters. The molecule has 1 unspecified atom stereocenters. The molecule has 264 valence electrons. The van der Waals surface area contributed by atoms with Crippen molar-refractivity contribution in [1.29, 1.82) is 5.26 Å². The summed E-state index contributed by atoms with van der Waals surface area (Å²) in [6, 6.07) is 11.3. The summed E-state index contributed by atoms with van der Waals surface area (Å²) in [6.07, 6.45) is -7.13. The molecule has 1 amide bonds. The Hall–Kier alpha value is -4.32. The van der Waals surface area contributed by atoms with Crippen LogP contribution in [0.5, 0.6) is 0 Å². The fourth-order valence-corrected chi connectivity index (χ4v) is 7.47. The Morgan fingerprint density at radius 1 is 1.14 bits per heavy atom. The normalized spacial score (nSPS) is 26.1. The van der Waals surface area contributed by atoms with Crippen molar-refractivity contribution >= 4 is 41.4 Å². The van der Waals surface area contributed by atoms with Gasteiger partial charge in [-0.15, -0.1) is 0 Å². The number of aliphatic hydroxyl groups is 1. The molecule has 5 heterocycles. The van der Waals surface area contributed by atoms with Gasteiger partial charge in [-0.05, 0) is 23.9 Å². The number of amides is 1. The van der Waals surface area contributed by atoms with Crippen LogP contribution in [0, 0.1) is 11.3 Å². The van der Waals surface area contributed by atoms with E-state index in [4.69, 9.17) is 40.1 Å². The number of halogens is 2. The van der Waals surface area contributed by atoms with Gasteiger partial charge in [-0.25, -0.2) is 28.5 Å². The lowest BCUT2D eigenvalue weighted by molar-refractivity contribution is -0.0562. The van der Waals surface area contributed by atoms with Crippen molar-refractivity contribution in [2.24, 2.45) is 0 Å². The summed E-state index contributed by atoms with van der Waals surface area (Å²) in [5.41, 5.74) is -0.883. The third-order valence-electron chi connectivity index (χ3n) is 7.73. The Kier molecular flexibility index (Phi) is 10.9. The highest BCUT2D eigenvalue weighted by atomic mass is 32.5. The second kappa shape index (κ2) is 15.3. The minimum Gasteiger partial charge on any atom is -0.394 e. The van der Waals surface area contributed by atoms with Crippen LogP contribution < -0.4 is 16.6 Å². The number of H-pyrrole nitrogens is 1. The highest BCUT2D eigenvalue weighted by molar-refractivity contribution is 8.07. The average Bonchev–Trinajstić information content (AvgIpc) is 3.79. The van der Waals surface area contributed by atoms with Gasteiger partial charge >= 0.3 is 12.4 Å². The van der Waals surface area contributed by atoms with Crippen LogP contribution in [0.4, 0.5) is 14.6 Å². The number of imidazole rings is 1. The van der Waals surface area contributed by atoms with Crippen LogP contribution in [0.3, 0.4) is 0 Å². The zero-order chi connectivity index (χ0) is 35.4. The predicted octanol–water partition coefficient (Wildman–Crippen LogP) is 2.04. The summed E-state index contributed by atoms with van der Waals surface area (Å²) < 4.78 is 62.0. The molecule has 2 aliphatic rings. The lowest BCUT2D eigenvalue weighted by Crippen LogP contribution is -2.37. The summed E-state index contributed by atoms with van der Waals surface area (Å²) in [4.78, 5) is 51.4. The summed E-state index contributed by atoms with van der Waals surface area (Å²) in [7, 11) is 0. The van der Waals surface area contributed by atoms with E-state index in [0.717, 1.165) is 16.8 Å². The van der Waals surface area contributed by atoms with Crippen LogP contribution in [0.1, 0.15) is 35.7 Å². The van der Waals surface area contributed by atoms with Gasteiger partial charge in [-0.3, -0.25) is 28.2 Å². The van der Waals surface area contributed by atoms with E-state index in [2.05, 4.69) is 20.3 Å². The fraction of sp³-hybridized carbons (Fsp3) is 0.414. The molecule has 0 radical (unpaired) electrons. The molecule has 2 aliphatic heterocycles. The number of carbonyl (C=O) groups is 1. The summed E-state index contributed by atoms with van der Waals surface area (Å²) in [5.74, 6) is -0.323. The average molecular weight is 735 g/mol.